The van der Waals surface area contributed by atoms with Crippen LogP contribution in [0.15, 0.2) is 57.6 Å². The van der Waals surface area contributed by atoms with Gasteiger partial charge in [-0.25, -0.2) is 13.1 Å². The van der Waals surface area contributed by atoms with Crippen LogP contribution in [0.3, 0.4) is 0 Å². The number of hydrogen-bond acceptors (Lipinski definition) is 5. The zero-order valence-corrected chi connectivity index (χ0v) is 14.2. The normalized spacial score (nSPS) is 11.7. The van der Waals surface area contributed by atoms with Crippen LogP contribution in [0.1, 0.15) is 17.4 Å². The van der Waals surface area contributed by atoms with Crippen LogP contribution in [0.25, 0.3) is 11.3 Å². The van der Waals surface area contributed by atoms with Gasteiger partial charge in [-0.1, -0.05) is 6.92 Å². The van der Waals surface area contributed by atoms with E-state index in [1.54, 1.807) is 30.8 Å². The Hall–Kier alpha value is -1.96. The van der Waals surface area contributed by atoms with E-state index in [2.05, 4.69) is 9.71 Å². The minimum absolute atomic E-state index is 0.184. The lowest BCUT2D eigenvalue weighted by Crippen LogP contribution is -2.22. The van der Waals surface area contributed by atoms with Crippen molar-refractivity contribution in [2.45, 2.75) is 24.1 Å². The van der Waals surface area contributed by atoms with Gasteiger partial charge in [-0.05, 0) is 42.3 Å². The van der Waals surface area contributed by atoms with Gasteiger partial charge in [0.1, 0.15) is 9.97 Å². The van der Waals surface area contributed by atoms with Crippen LogP contribution in [0.5, 0.6) is 0 Å². The Morgan fingerprint density at radius 1 is 1.26 bits per heavy atom. The van der Waals surface area contributed by atoms with Crippen molar-refractivity contribution >= 4 is 21.4 Å². The summed E-state index contributed by atoms with van der Waals surface area (Å²) < 4.78 is 32.9. The standard InChI is InChI=1S/C16H16N2O3S2/c1-2-14-5-6-16(22-14)23(19,20)18-10-12-8-13(11-17-9-12)15-4-3-7-21-15/h3-9,11,18H,2,10H2,1H3. The van der Waals surface area contributed by atoms with Crippen LogP contribution in [0.2, 0.25) is 0 Å². The van der Waals surface area contributed by atoms with Crippen molar-refractivity contribution in [1.29, 1.82) is 0 Å². The summed E-state index contributed by atoms with van der Waals surface area (Å²) >= 11 is 1.30. The minimum Gasteiger partial charge on any atom is -0.464 e. The second-order valence-electron chi connectivity index (χ2n) is 4.96. The molecule has 0 atom stereocenters. The highest BCUT2D eigenvalue weighted by molar-refractivity contribution is 7.91. The SMILES string of the molecule is CCc1ccc(S(=O)(=O)NCc2cncc(-c3ccco3)c2)s1. The molecule has 120 valence electrons. The van der Waals surface area contributed by atoms with Gasteiger partial charge < -0.3 is 4.42 Å². The third kappa shape index (κ3) is 3.69. The van der Waals surface area contributed by atoms with Crippen molar-refractivity contribution in [2.75, 3.05) is 0 Å². The number of pyridine rings is 1. The number of sulfonamides is 1. The summed E-state index contributed by atoms with van der Waals surface area (Å²) in [5.41, 5.74) is 1.59. The second kappa shape index (κ2) is 6.66. The summed E-state index contributed by atoms with van der Waals surface area (Å²) in [4.78, 5) is 5.19. The Morgan fingerprint density at radius 2 is 2.13 bits per heavy atom. The van der Waals surface area contributed by atoms with Gasteiger partial charge in [-0.3, -0.25) is 4.98 Å². The molecule has 3 aromatic rings. The first-order valence-electron chi connectivity index (χ1n) is 7.14. The fourth-order valence-electron chi connectivity index (χ4n) is 2.10. The number of nitrogens with one attached hydrogen (secondary N) is 1. The number of aryl methyl sites for hydroxylation is 1. The molecule has 23 heavy (non-hydrogen) atoms. The maximum atomic E-state index is 12.3. The summed E-state index contributed by atoms with van der Waals surface area (Å²) in [7, 11) is -3.50. The van der Waals surface area contributed by atoms with E-state index in [1.807, 2.05) is 25.1 Å². The van der Waals surface area contributed by atoms with Crippen LogP contribution in [-0.2, 0) is 23.0 Å². The minimum atomic E-state index is -3.50. The summed E-state index contributed by atoms with van der Waals surface area (Å²) in [6.07, 6.45) is 5.74. The van der Waals surface area contributed by atoms with Crippen molar-refractivity contribution in [3.63, 3.8) is 0 Å². The maximum absolute atomic E-state index is 12.3. The van der Waals surface area contributed by atoms with Gasteiger partial charge in [0.2, 0.25) is 10.0 Å². The first-order chi connectivity index (χ1) is 11.1. The van der Waals surface area contributed by atoms with E-state index >= 15 is 0 Å². The lowest BCUT2D eigenvalue weighted by atomic mass is 10.2. The lowest BCUT2D eigenvalue weighted by Gasteiger charge is -2.06. The molecule has 5 nitrogen and oxygen atoms in total. The van der Waals surface area contributed by atoms with Crippen LogP contribution in [0.4, 0.5) is 0 Å². The van der Waals surface area contributed by atoms with E-state index in [0.717, 1.165) is 22.4 Å². The topological polar surface area (TPSA) is 72.2 Å². The first-order valence-corrected chi connectivity index (χ1v) is 9.44. The number of rotatable bonds is 6. The molecule has 0 bridgehead atoms. The molecule has 0 spiro atoms. The van der Waals surface area contributed by atoms with Gasteiger partial charge in [-0.15, -0.1) is 11.3 Å². The Labute approximate surface area is 139 Å². The molecule has 0 unspecified atom stereocenters. The molecular weight excluding hydrogens is 332 g/mol. The Kier molecular flexibility index (Phi) is 4.61. The molecule has 0 saturated heterocycles. The summed E-state index contributed by atoms with van der Waals surface area (Å²) in [5.74, 6) is 0.702. The molecule has 3 aromatic heterocycles. The Balaban J connectivity index is 1.74. The zero-order valence-electron chi connectivity index (χ0n) is 12.5. The predicted octanol–water partition coefficient (Wildman–Crippen LogP) is 3.44. The van der Waals surface area contributed by atoms with E-state index in [0.29, 0.717) is 9.97 Å². The van der Waals surface area contributed by atoms with Gasteiger partial charge in [0, 0.05) is 29.4 Å². The van der Waals surface area contributed by atoms with Gasteiger partial charge in [0.15, 0.2) is 0 Å². The number of hydrogen-bond donors (Lipinski definition) is 1. The third-order valence-corrected chi connectivity index (χ3v) is 6.44. The largest absolute Gasteiger partial charge is 0.464 e. The van der Waals surface area contributed by atoms with E-state index in [4.69, 9.17) is 4.42 Å². The first kappa shape index (κ1) is 15.9. The highest BCUT2D eigenvalue weighted by Gasteiger charge is 2.16. The predicted molar refractivity (Wildman–Crippen MR) is 89.7 cm³/mol. The summed E-state index contributed by atoms with van der Waals surface area (Å²) in [6, 6.07) is 8.98. The summed E-state index contributed by atoms with van der Waals surface area (Å²) in [6.45, 7) is 2.19. The lowest BCUT2D eigenvalue weighted by molar-refractivity contribution is 0.581. The molecule has 1 N–H and O–H groups in total. The van der Waals surface area contributed by atoms with E-state index < -0.39 is 10.0 Å². The molecule has 7 heteroatoms. The van der Waals surface area contributed by atoms with E-state index in [-0.39, 0.29) is 6.54 Å². The van der Waals surface area contributed by atoms with Crippen LogP contribution < -0.4 is 4.72 Å². The Morgan fingerprint density at radius 3 is 2.83 bits per heavy atom. The molecule has 0 amide bonds. The highest BCUT2D eigenvalue weighted by Crippen LogP contribution is 2.23. The van der Waals surface area contributed by atoms with E-state index in [1.165, 1.54) is 11.3 Å². The highest BCUT2D eigenvalue weighted by atomic mass is 32.2. The molecule has 0 radical (unpaired) electrons. The molecule has 0 fully saturated rings. The maximum Gasteiger partial charge on any atom is 0.250 e. The van der Waals surface area contributed by atoms with Crippen molar-refractivity contribution in [1.82, 2.24) is 9.71 Å². The van der Waals surface area contributed by atoms with Crippen LogP contribution in [-0.4, -0.2) is 13.4 Å². The van der Waals surface area contributed by atoms with Gasteiger partial charge >= 0.3 is 0 Å². The fraction of sp³-hybridized carbons (Fsp3) is 0.188. The quantitative estimate of drug-likeness (QED) is 0.740. The molecule has 0 aliphatic carbocycles. The number of thiophene rings is 1. The van der Waals surface area contributed by atoms with Crippen LogP contribution in [0, 0.1) is 0 Å². The third-order valence-electron chi connectivity index (χ3n) is 3.32. The molecule has 0 aliphatic heterocycles. The number of nitrogens with zero attached hydrogens (tertiary/aromatic N) is 1. The van der Waals surface area contributed by atoms with Crippen molar-refractivity contribution in [3.8, 4) is 11.3 Å². The molecular formula is C16H16N2O3S2. The summed E-state index contributed by atoms with van der Waals surface area (Å²) in [5, 5.41) is 0. The zero-order chi connectivity index (χ0) is 16.3. The van der Waals surface area contributed by atoms with Crippen molar-refractivity contribution < 1.29 is 12.8 Å². The van der Waals surface area contributed by atoms with Crippen molar-refractivity contribution in [3.05, 3.63) is 59.4 Å². The molecule has 0 aromatic carbocycles. The van der Waals surface area contributed by atoms with E-state index in [9.17, 15) is 8.42 Å². The van der Waals surface area contributed by atoms with Crippen LogP contribution >= 0.6 is 11.3 Å². The number of aromatic nitrogens is 1. The van der Waals surface area contributed by atoms with Gasteiger partial charge in [0.05, 0.1) is 6.26 Å². The van der Waals surface area contributed by atoms with Gasteiger partial charge in [0.25, 0.3) is 0 Å². The van der Waals surface area contributed by atoms with Gasteiger partial charge in [-0.2, -0.15) is 0 Å². The molecule has 3 rings (SSSR count). The molecule has 3 heterocycles. The average Bonchev–Trinajstić information content (AvgIpc) is 3.24. The Bertz CT molecular complexity index is 884. The smallest absolute Gasteiger partial charge is 0.250 e. The molecule has 0 aliphatic rings. The average molecular weight is 348 g/mol. The van der Waals surface area contributed by atoms with Crippen molar-refractivity contribution in [2.24, 2.45) is 0 Å². The second-order valence-corrected chi connectivity index (χ2v) is 8.12. The number of furan rings is 1. The monoisotopic (exact) mass is 348 g/mol. The fourth-order valence-corrected chi connectivity index (χ4v) is 4.46. The molecule has 0 saturated carbocycles.